The van der Waals surface area contributed by atoms with E-state index in [0.29, 0.717) is 23.3 Å². The highest BCUT2D eigenvalue weighted by molar-refractivity contribution is 7.71. The predicted octanol–water partition coefficient (Wildman–Crippen LogP) is 3.43. The van der Waals surface area contributed by atoms with Crippen molar-refractivity contribution in [1.29, 1.82) is 0 Å². The highest BCUT2D eigenvalue weighted by Crippen LogP contribution is 2.38. The molecule has 0 aromatic carbocycles. The molecule has 0 saturated carbocycles. The Morgan fingerprint density at radius 3 is 2.93 bits per heavy atom. The molecule has 6 nitrogen and oxygen atoms in total. The molecule has 10 heteroatoms. The quantitative estimate of drug-likeness (QED) is 0.579. The summed E-state index contributed by atoms with van der Waals surface area (Å²) in [4.78, 5) is 21.9. The summed E-state index contributed by atoms with van der Waals surface area (Å²) in [5.74, 6) is -1.35. The normalized spacial score (nSPS) is 20.5. The molecule has 4 heterocycles. The number of halogens is 3. The first-order valence-electron chi connectivity index (χ1n) is 8.88. The third-order valence-corrected chi connectivity index (χ3v) is 5.48. The highest BCUT2D eigenvalue weighted by Gasteiger charge is 2.42. The van der Waals surface area contributed by atoms with Crippen molar-refractivity contribution in [2.45, 2.75) is 31.6 Å². The maximum atomic E-state index is 13.2. The molecule has 0 amide bonds. The number of rotatable bonds is 3. The van der Waals surface area contributed by atoms with E-state index in [4.69, 9.17) is 12.2 Å². The SMILES string of the molecule is O=c1[nH]c(=S)n(Cc2cccnc2[C@@H]2C[C@@H](C(F)(F)F)CCN2)c2cc[nH]c12. The third-order valence-electron chi connectivity index (χ3n) is 5.16. The van der Waals surface area contributed by atoms with Gasteiger partial charge in [0.1, 0.15) is 5.52 Å². The molecule has 4 rings (SSSR count). The maximum absolute atomic E-state index is 13.2. The van der Waals surface area contributed by atoms with Crippen LogP contribution in [0.1, 0.15) is 30.1 Å². The number of aromatic nitrogens is 4. The zero-order chi connectivity index (χ0) is 19.9. The molecule has 1 saturated heterocycles. The van der Waals surface area contributed by atoms with Crippen LogP contribution in [-0.4, -0.2) is 32.2 Å². The van der Waals surface area contributed by atoms with Gasteiger partial charge in [0.2, 0.25) is 0 Å². The van der Waals surface area contributed by atoms with E-state index >= 15 is 0 Å². The molecule has 1 aliphatic rings. The van der Waals surface area contributed by atoms with Gasteiger partial charge in [0.05, 0.1) is 29.7 Å². The summed E-state index contributed by atoms with van der Waals surface area (Å²) >= 11 is 5.31. The van der Waals surface area contributed by atoms with Crippen LogP contribution in [-0.2, 0) is 6.54 Å². The molecule has 0 unspecified atom stereocenters. The van der Waals surface area contributed by atoms with E-state index in [9.17, 15) is 18.0 Å². The van der Waals surface area contributed by atoms with Crippen LogP contribution in [0.5, 0.6) is 0 Å². The van der Waals surface area contributed by atoms with E-state index in [2.05, 4.69) is 20.3 Å². The molecule has 3 aromatic heterocycles. The number of nitrogens with one attached hydrogen (secondary N) is 3. The van der Waals surface area contributed by atoms with Crippen molar-refractivity contribution in [3.05, 3.63) is 57.0 Å². The van der Waals surface area contributed by atoms with Gasteiger partial charge in [-0.25, -0.2) is 0 Å². The molecule has 0 radical (unpaired) electrons. The largest absolute Gasteiger partial charge is 0.391 e. The van der Waals surface area contributed by atoms with E-state index in [-0.39, 0.29) is 29.7 Å². The lowest BCUT2D eigenvalue weighted by Crippen LogP contribution is -2.38. The fourth-order valence-electron chi connectivity index (χ4n) is 3.75. The number of fused-ring (bicyclic) bond motifs is 1. The molecule has 3 N–H and O–H groups in total. The summed E-state index contributed by atoms with van der Waals surface area (Å²) in [6.07, 6.45) is -0.975. The topological polar surface area (TPSA) is 78.5 Å². The van der Waals surface area contributed by atoms with E-state index in [1.165, 1.54) is 0 Å². The van der Waals surface area contributed by atoms with Crippen LogP contribution in [0.25, 0.3) is 11.0 Å². The Hall–Kier alpha value is -2.46. The molecule has 2 atom stereocenters. The Labute approximate surface area is 162 Å². The average Bonchev–Trinajstić information content (AvgIpc) is 3.15. The number of H-pyrrole nitrogens is 2. The molecular formula is C18H18F3N5OS. The van der Waals surface area contributed by atoms with Crippen molar-refractivity contribution >= 4 is 23.3 Å². The Morgan fingerprint density at radius 2 is 2.14 bits per heavy atom. The van der Waals surface area contributed by atoms with Gasteiger partial charge in [-0.05, 0) is 49.3 Å². The third kappa shape index (κ3) is 3.49. The number of alkyl halides is 3. The summed E-state index contributed by atoms with van der Waals surface area (Å²) in [5, 5.41) is 3.16. The van der Waals surface area contributed by atoms with Gasteiger partial charge in [0.25, 0.3) is 5.56 Å². The Bertz CT molecular complexity index is 1120. The molecule has 148 valence electrons. The van der Waals surface area contributed by atoms with Crippen LogP contribution in [0.15, 0.2) is 35.4 Å². The fraction of sp³-hybridized carbons (Fsp3) is 0.389. The minimum Gasteiger partial charge on any atom is -0.355 e. The van der Waals surface area contributed by atoms with E-state index in [1.807, 2.05) is 6.07 Å². The monoisotopic (exact) mass is 409 g/mol. The van der Waals surface area contributed by atoms with Crippen molar-refractivity contribution in [1.82, 2.24) is 24.8 Å². The second-order valence-electron chi connectivity index (χ2n) is 6.90. The zero-order valence-electron chi connectivity index (χ0n) is 14.7. The van der Waals surface area contributed by atoms with Crippen LogP contribution in [0.2, 0.25) is 0 Å². The Kier molecular flexibility index (Phi) is 4.84. The summed E-state index contributed by atoms with van der Waals surface area (Å²) in [6, 6.07) is 4.82. The van der Waals surface area contributed by atoms with E-state index in [0.717, 1.165) is 5.56 Å². The average molecular weight is 409 g/mol. The lowest BCUT2D eigenvalue weighted by molar-refractivity contribution is -0.183. The van der Waals surface area contributed by atoms with Crippen LogP contribution < -0.4 is 10.9 Å². The van der Waals surface area contributed by atoms with Crippen LogP contribution in [0, 0.1) is 10.7 Å². The molecule has 1 aliphatic heterocycles. The zero-order valence-corrected chi connectivity index (χ0v) is 15.5. The number of aromatic amines is 2. The summed E-state index contributed by atoms with van der Waals surface area (Å²) in [7, 11) is 0. The predicted molar refractivity (Wildman–Crippen MR) is 101 cm³/mol. The molecule has 0 bridgehead atoms. The van der Waals surface area contributed by atoms with Gasteiger partial charge >= 0.3 is 6.18 Å². The minimum absolute atomic E-state index is 0.0515. The first-order valence-corrected chi connectivity index (χ1v) is 9.29. The molecule has 1 fully saturated rings. The van der Waals surface area contributed by atoms with Crippen molar-refractivity contribution in [2.24, 2.45) is 5.92 Å². The number of piperidine rings is 1. The highest BCUT2D eigenvalue weighted by atomic mass is 32.1. The van der Waals surface area contributed by atoms with Gasteiger partial charge in [-0.1, -0.05) is 6.07 Å². The van der Waals surface area contributed by atoms with Gasteiger partial charge in [-0.2, -0.15) is 13.2 Å². The van der Waals surface area contributed by atoms with Crippen molar-refractivity contribution in [2.75, 3.05) is 6.54 Å². The number of hydrogen-bond acceptors (Lipinski definition) is 4. The summed E-state index contributed by atoms with van der Waals surface area (Å²) in [6.45, 7) is 0.576. The number of nitrogens with zero attached hydrogens (tertiary/aromatic N) is 2. The second-order valence-corrected chi connectivity index (χ2v) is 7.29. The van der Waals surface area contributed by atoms with Crippen molar-refractivity contribution in [3.63, 3.8) is 0 Å². The van der Waals surface area contributed by atoms with Crippen LogP contribution in [0.3, 0.4) is 0 Å². The standard InChI is InChI=1S/C18H18F3N5OS/c19-18(20,21)11-3-6-22-12(8-11)14-10(2-1-5-23-14)9-26-13-4-7-24-15(13)16(27)25-17(26)28/h1-2,4-5,7,11-12,22,24H,3,6,8-9H2,(H,25,27,28)/t11-,12-/m0/s1. The molecule has 28 heavy (non-hydrogen) atoms. The summed E-state index contributed by atoms with van der Waals surface area (Å²) in [5.41, 5.74) is 2.05. The lowest BCUT2D eigenvalue weighted by Gasteiger charge is -2.32. The molecular weight excluding hydrogens is 391 g/mol. The van der Waals surface area contributed by atoms with E-state index < -0.39 is 18.1 Å². The minimum atomic E-state index is -4.21. The maximum Gasteiger partial charge on any atom is 0.391 e. The van der Waals surface area contributed by atoms with Crippen LogP contribution >= 0.6 is 12.2 Å². The Morgan fingerprint density at radius 1 is 1.32 bits per heavy atom. The fourth-order valence-corrected chi connectivity index (χ4v) is 4.01. The molecule has 0 aliphatic carbocycles. The van der Waals surface area contributed by atoms with Gasteiger partial charge < -0.3 is 14.9 Å². The molecule has 3 aromatic rings. The number of pyridine rings is 1. The van der Waals surface area contributed by atoms with Gasteiger partial charge in [0, 0.05) is 12.4 Å². The first-order chi connectivity index (χ1) is 13.3. The smallest absolute Gasteiger partial charge is 0.355 e. The van der Waals surface area contributed by atoms with Crippen molar-refractivity contribution < 1.29 is 13.2 Å². The lowest BCUT2D eigenvalue weighted by atomic mass is 9.89. The van der Waals surface area contributed by atoms with Crippen LogP contribution in [0.4, 0.5) is 13.2 Å². The van der Waals surface area contributed by atoms with Crippen molar-refractivity contribution in [3.8, 4) is 0 Å². The van der Waals surface area contributed by atoms with Gasteiger partial charge in [-0.3, -0.25) is 14.8 Å². The van der Waals surface area contributed by atoms with Gasteiger partial charge in [0.15, 0.2) is 4.77 Å². The molecule has 0 spiro atoms. The second kappa shape index (κ2) is 7.17. The number of hydrogen-bond donors (Lipinski definition) is 3. The first kappa shape index (κ1) is 18.9. The van der Waals surface area contributed by atoms with E-state index in [1.54, 1.807) is 29.1 Å². The van der Waals surface area contributed by atoms with Gasteiger partial charge in [-0.15, -0.1) is 0 Å². The Balaban J connectivity index is 1.71. The summed E-state index contributed by atoms with van der Waals surface area (Å²) < 4.78 is 41.6.